The second kappa shape index (κ2) is 6.31. The minimum absolute atomic E-state index is 0.0633. The molecule has 0 saturated heterocycles. The van der Waals surface area contributed by atoms with Crippen molar-refractivity contribution in [3.63, 3.8) is 0 Å². The van der Waals surface area contributed by atoms with Crippen molar-refractivity contribution >= 4 is 5.91 Å². The van der Waals surface area contributed by atoms with Crippen molar-refractivity contribution in [2.75, 3.05) is 13.1 Å². The molecule has 1 fully saturated rings. The van der Waals surface area contributed by atoms with Gasteiger partial charge >= 0.3 is 0 Å². The van der Waals surface area contributed by atoms with Crippen molar-refractivity contribution in [2.24, 2.45) is 11.7 Å². The summed E-state index contributed by atoms with van der Waals surface area (Å²) in [4.78, 5) is 14.8. The van der Waals surface area contributed by atoms with Crippen molar-refractivity contribution in [2.45, 2.75) is 46.1 Å². The van der Waals surface area contributed by atoms with Gasteiger partial charge in [-0.3, -0.25) is 4.79 Å². The predicted molar refractivity (Wildman–Crippen MR) is 78.4 cm³/mol. The molecule has 2 N–H and O–H groups in total. The van der Waals surface area contributed by atoms with E-state index in [4.69, 9.17) is 5.73 Å². The molecule has 2 atom stereocenters. The van der Waals surface area contributed by atoms with Gasteiger partial charge in [-0.25, -0.2) is 0 Å². The number of hydrogen-bond donors (Lipinski definition) is 1. The Bertz CT molecular complexity index is 489. The number of aromatic nitrogens is 2. The molecular formula is C15H24N4O. The molecule has 5 nitrogen and oxygen atoms in total. The lowest BCUT2D eigenvalue weighted by Gasteiger charge is -2.32. The topological polar surface area (TPSA) is 72.1 Å². The Labute approximate surface area is 120 Å². The van der Waals surface area contributed by atoms with E-state index in [0.717, 1.165) is 25.0 Å². The largest absolute Gasteiger partial charge is 0.336 e. The lowest BCUT2D eigenvalue weighted by Crippen LogP contribution is -2.44. The molecule has 0 aliphatic heterocycles. The second-order valence-electron chi connectivity index (χ2n) is 5.57. The van der Waals surface area contributed by atoms with Gasteiger partial charge in [0.05, 0.1) is 17.0 Å². The van der Waals surface area contributed by atoms with E-state index >= 15 is 0 Å². The molecule has 1 aliphatic rings. The maximum absolute atomic E-state index is 12.8. The maximum atomic E-state index is 12.8. The number of carbonyl (C=O) groups excluding carboxylic acids is 1. The minimum Gasteiger partial charge on any atom is -0.336 e. The Morgan fingerprint density at radius 3 is 2.80 bits per heavy atom. The first-order valence-electron chi connectivity index (χ1n) is 7.40. The molecule has 0 bridgehead atoms. The lowest BCUT2D eigenvalue weighted by atomic mass is 10.0. The van der Waals surface area contributed by atoms with Crippen molar-refractivity contribution in [3.05, 3.63) is 23.0 Å². The van der Waals surface area contributed by atoms with E-state index in [1.807, 2.05) is 31.7 Å². The highest BCUT2D eigenvalue weighted by atomic mass is 16.2. The van der Waals surface area contributed by atoms with Crippen LogP contribution in [0.3, 0.4) is 0 Å². The fraction of sp³-hybridized carbons (Fsp3) is 0.667. The van der Waals surface area contributed by atoms with Gasteiger partial charge in [-0.15, -0.1) is 0 Å². The number of aryl methyl sites for hydroxylation is 2. The highest BCUT2D eigenvalue weighted by Crippen LogP contribution is 2.30. The Morgan fingerprint density at radius 2 is 2.15 bits per heavy atom. The summed E-state index contributed by atoms with van der Waals surface area (Å²) in [5, 5.41) is 8.05. The van der Waals surface area contributed by atoms with Gasteiger partial charge in [-0.05, 0) is 52.1 Å². The van der Waals surface area contributed by atoms with Crippen LogP contribution in [0.2, 0.25) is 0 Å². The normalized spacial score (nSPS) is 22.0. The highest BCUT2D eigenvalue weighted by molar-refractivity contribution is 5.95. The van der Waals surface area contributed by atoms with Gasteiger partial charge in [0.1, 0.15) is 0 Å². The van der Waals surface area contributed by atoms with Gasteiger partial charge in [-0.2, -0.15) is 10.2 Å². The van der Waals surface area contributed by atoms with Crippen LogP contribution in [0.5, 0.6) is 0 Å². The lowest BCUT2D eigenvalue weighted by molar-refractivity contribution is 0.0650. The van der Waals surface area contributed by atoms with Crippen LogP contribution >= 0.6 is 0 Å². The minimum atomic E-state index is 0.0633. The zero-order valence-electron chi connectivity index (χ0n) is 12.6. The van der Waals surface area contributed by atoms with Crippen LogP contribution in [-0.2, 0) is 0 Å². The summed E-state index contributed by atoms with van der Waals surface area (Å²) in [6, 6.07) is 2.10. The molecule has 0 aromatic carbocycles. The third kappa shape index (κ3) is 2.82. The van der Waals surface area contributed by atoms with Crippen LogP contribution in [0.1, 0.15) is 47.9 Å². The molecule has 1 aliphatic carbocycles. The second-order valence-corrected chi connectivity index (χ2v) is 5.57. The Morgan fingerprint density at radius 1 is 1.40 bits per heavy atom. The molecule has 1 amide bonds. The molecule has 2 rings (SSSR count). The summed E-state index contributed by atoms with van der Waals surface area (Å²) in [6.07, 6.45) is 3.33. The standard InChI is InChI=1S/C15H24N4O/c1-4-19(14-7-5-6-12(14)9-16)15(20)13-8-10(2)17-18-11(13)3/h8,12,14H,4-7,9,16H2,1-3H3. The molecule has 5 heteroatoms. The third-order valence-corrected chi connectivity index (χ3v) is 4.25. The third-order valence-electron chi connectivity index (χ3n) is 4.25. The number of rotatable bonds is 4. The molecule has 0 spiro atoms. The average Bonchev–Trinajstić information content (AvgIpc) is 2.90. The number of nitrogens with two attached hydrogens (primary N) is 1. The molecule has 1 aromatic heterocycles. The van der Waals surface area contributed by atoms with Crippen molar-refractivity contribution in [3.8, 4) is 0 Å². The molecule has 0 radical (unpaired) electrons. The molecule has 110 valence electrons. The number of amides is 1. The van der Waals surface area contributed by atoms with Crippen LogP contribution < -0.4 is 5.73 Å². The van der Waals surface area contributed by atoms with Crippen LogP contribution in [0, 0.1) is 19.8 Å². The first-order chi connectivity index (χ1) is 9.58. The molecule has 20 heavy (non-hydrogen) atoms. The zero-order chi connectivity index (χ0) is 14.7. The first-order valence-corrected chi connectivity index (χ1v) is 7.40. The fourth-order valence-electron chi connectivity index (χ4n) is 3.15. The van der Waals surface area contributed by atoms with Crippen molar-refractivity contribution in [1.82, 2.24) is 15.1 Å². The highest BCUT2D eigenvalue weighted by Gasteiger charge is 2.34. The van der Waals surface area contributed by atoms with Crippen molar-refractivity contribution in [1.29, 1.82) is 0 Å². The predicted octanol–water partition coefficient (Wildman–Crippen LogP) is 1.68. The molecule has 1 aromatic rings. The average molecular weight is 276 g/mol. The Balaban J connectivity index is 2.27. The Hall–Kier alpha value is -1.49. The summed E-state index contributed by atoms with van der Waals surface area (Å²) < 4.78 is 0. The number of carbonyl (C=O) groups is 1. The summed E-state index contributed by atoms with van der Waals surface area (Å²) >= 11 is 0. The van der Waals surface area contributed by atoms with Gasteiger partial charge in [0.25, 0.3) is 5.91 Å². The number of nitrogens with zero attached hydrogens (tertiary/aromatic N) is 3. The SMILES string of the molecule is CCN(C(=O)c1cc(C)nnc1C)C1CCCC1CN. The smallest absolute Gasteiger partial charge is 0.256 e. The number of hydrogen-bond acceptors (Lipinski definition) is 4. The summed E-state index contributed by atoms with van der Waals surface area (Å²) in [5.74, 6) is 0.489. The maximum Gasteiger partial charge on any atom is 0.256 e. The summed E-state index contributed by atoms with van der Waals surface area (Å²) in [6.45, 7) is 7.09. The summed E-state index contributed by atoms with van der Waals surface area (Å²) in [7, 11) is 0. The molecule has 1 saturated carbocycles. The van der Waals surface area contributed by atoms with Crippen LogP contribution in [0.25, 0.3) is 0 Å². The molecule has 2 unspecified atom stereocenters. The molecular weight excluding hydrogens is 252 g/mol. The van der Waals surface area contributed by atoms with E-state index in [9.17, 15) is 4.79 Å². The van der Waals surface area contributed by atoms with Gasteiger partial charge in [-0.1, -0.05) is 6.42 Å². The van der Waals surface area contributed by atoms with Gasteiger partial charge in [0.2, 0.25) is 0 Å². The van der Waals surface area contributed by atoms with Gasteiger partial charge in [0, 0.05) is 12.6 Å². The zero-order valence-corrected chi connectivity index (χ0v) is 12.6. The van der Waals surface area contributed by atoms with E-state index in [1.54, 1.807) is 0 Å². The van der Waals surface area contributed by atoms with Crippen LogP contribution in [0.15, 0.2) is 6.07 Å². The van der Waals surface area contributed by atoms with E-state index in [-0.39, 0.29) is 11.9 Å². The van der Waals surface area contributed by atoms with Gasteiger partial charge < -0.3 is 10.6 Å². The van der Waals surface area contributed by atoms with E-state index in [2.05, 4.69) is 10.2 Å². The summed E-state index contributed by atoms with van der Waals surface area (Å²) in [5.41, 5.74) is 7.99. The van der Waals surface area contributed by atoms with E-state index in [1.165, 1.54) is 0 Å². The van der Waals surface area contributed by atoms with Crippen LogP contribution in [-0.4, -0.2) is 40.1 Å². The Kier molecular flexibility index (Phi) is 4.70. The van der Waals surface area contributed by atoms with Crippen molar-refractivity contribution < 1.29 is 4.79 Å². The van der Waals surface area contributed by atoms with E-state index < -0.39 is 0 Å². The van der Waals surface area contributed by atoms with Crippen LogP contribution in [0.4, 0.5) is 0 Å². The first kappa shape index (κ1) is 14.9. The van der Waals surface area contributed by atoms with E-state index in [0.29, 0.717) is 30.3 Å². The molecule has 1 heterocycles. The fourth-order valence-corrected chi connectivity index (χ4v) is 3.15. The quantitative estimate of drug-likeness (QED) is 0.908. The monoisotopic (exact) mass is 276 g/mol. The van der Waals surface area contributed by atoms with Gasteiger partial charge in [0.15, 0.2) is 0 Å².